The molecule has 0 bridgehead atoms. The third-order valence-corrected chi connectivity index (χ3v) is 14.6. The van der Waals surface area contributed by atoms with Crippen molar-refractivity contribution >= 4 is 11.6 Å². The third kappa shape index (κ3) is 10.5. The van der Waals surface area contributed by atoms with Gasteiger partial charge in [-0.2, -0.15) is 0 Å². The predicted molar refractivity (Wildman–Crippen MR) is 206 cm³/mol. The first kappa shape index (κ1) is 41.8. The number of Topliss-reactive ketones (excluding diaryl/α,β-unsaturated/α-hetero) is 2. The molecule has 14 unspecified atom stereocenters. The lowest BCUT2D eigenvalue weighted by Gasteiger charge is -2.44. The fourth-order valence-corrected chi connectivity index (χ4v) is 11.9. The molecule has 0 aromatic rings. The van der Waals surface area contributed by atoms with Crippen molar-refractivity contribution in [2.45, 2.75) is 167 Å². The number of carbonyl (C=O) groups excluding carboxylic acids is 2. The molecule has 4 aliphatic carbocycles. The summed E-state index contributed by atoms with van der Waals surface area (Å²) in [6.07, 6.45) is 16.0. The lowest BCUT2D eigenvalue weighted by Crippen LogP contribution is -2.46. The number of nitrogens with one attached hydrogen (secondary N) is 1. The molecule has 0 aromatic heterocycles. The Bertz CT molecular complexity index is 1180. The monoisotopic (exact) mass is 727 g/mol. The summed E-state index contributed by atoms with van der Waals surface area (Å²) in [6.45, 7) is 5.37. The summed E-state index contributed by atoms with van der Waals surface area (Å²) in [6, 6.07) is 0. The van der Waals surface area contributed by atoms with Crippen LogP contribution in [0.5, 0.6) is 0 Å². The number of rotatable bonds is 12. The minimum Gasteiger partial charge on any atom is -0.396 e. The Labute approximate surface area is 315 Å². The van der Waals surface area contributed by atoms with E-state index in [2.05, 4.69) is 31.0 Å². The van der Waals surface area contributed by atoms with Gasteiger partial charge in [-0.25, -0.2) is 0 Å². The summed E-state index contributed by atoms with van der Waals surface area (Å²) in [5, 5.41) is 37.3. The number of ether oxygens (including phenoxy) is 1. The summed E-state index contributed by atoms with van der Waals surface area (Å²) >= 11 is 0. The van der Waals surface area contributed by atoms with E-state index >= 15 is 0 Å². The maximum atomic E-state index is 14.9. The van der Waals surface area contributed by atoms with Crippen LogP contribution in [0.2, 0.25) is 0 Å². The number of methoxy groups -OCH3 is 1. The maximum absolute atomic E-state index is 14.9. The van der Waals surface area contributed by atoms with Crippen molar-refractivity contribution in [1.29, 1.82) is 0 Å². The smallest absolute Gasteiger partial charge is 0.173 e. The molecule has 1 aliphatic heterocycles. The van der Waals surface area contributed by atoms with Crippen molar-refractivity contribution in [3.8, 4) is 11.8 Å². The van der Waals surface area contributed by atoms with Crippen LogP contribution in [0.3, 0.4) is 0 Å². The first-order valence-corrected chi connectivity index (χ1v) is 21.7. The highest BCUT2D eigenvalue weighted by molar-refractivity contribution is 6.06. The van der Waals surface area contributed by atoms with Gasteiger partial charge in [-0.15, -0.1) is 0 Å². The van der Waals surface area contributed by atoms with E-state index in [1.807, 2.05) is 0 Å². The average molecular weight is 727 g/mol. The summed E-state index contributed by atoms with van der Waals surface area (Å²) < 4.78 is 5.74. The number of hydrogen-bond acceptors (Lipinski definition) is 8. The van der Waals surface area contributed by atoms with E-state index in [4.69, 9.17) is 10.5 Å². The second-order valence-electron chi connectivity index (χ2n) is 18.0. The summed E-state index contributed by atoms with van der Waals surface area (Å²) in [4.78, 5) is 28.8. The Morgan fingerprint density at radius 1 is 0.904 bits per heavy atom. The van der Waals surface area contributed by atoms with Crippen LogP contribution in [0.15, 0.2) is 0 Å². The second-order valence-corrected chi connectivity index (χ2v) is 18.0. The van der Waals surface area contributed by atoms with E-state index in [0.717, 1.165) is 90.0 Å². The summed E-state index contributed by atoms with van der Waals surface area (Å²) in [5.41, 5.74) is 6.41. The van der Waals surface area contributed by atoms with Crippen LogP contribution >= 0.6 is 0 Å². The first-order chi connectivity index (χ1) is 25.2. The van der Waals surface area contributed by atoms with Crippen LogP contribution in [0.25, 0.3) is 0 Å². The van der Waals surface area contributed by atoms with Crippen molar-refractivity contribution in [3.63, 3.8) is 0 Å². The van der Waals surface area contributed by atoms with Crippen molar-refractivity contribution < 1.29 is 29.6 Å². The molecule has 0 spiro atoms. The van der Waals surface area contributed by atoms with Gasteiger partial charge in [0, 0.05) is 37.9 Å². The zero-order valence-corrected chi connectivity index (χ0v) is 32.9. The molecular weight excluding hydrogens is 652 g/mol. The molecule has 6 N–H and O–H groups in total. The number of aliphatic hydroxyl groups is 3. The van der Waals surface area contributed by atoms with Gasteiger partial charge in [-0.1, -0.05) is 70.6 Å². The summed E-state index contributed by atoms with van der Waals surface area (Å²) in [5.74, 6) is 8.05. The van der Waals surface area contributed by atoms with Crippen LogP contribution in [0, 0.1) is 76.9 Å². The van der Waals surface area contributed by atoms with E-state index in [-0.39, 0.29) is 78.3 Å². The Morgan fingerprint density at radius 2 is 1.69 bits per heavy atom. The second kappa shape index (κ2) is 20.5. The number of ketones is 2. The fraction of sp³-hybridized carbons (Fsp3) is 0.909. The highest BCUT2D eigenvalue weighted by Crippen LogP contribution is 2.50. The maximum Gasteiger partial charge on any atom is 0.173 e. The quantitative estimate of drug-likeness (QED) is 0.0882. The van der Waals surface area contributed by atoms with E-state index in [1.165, 1.54) is 19.3 Å². The molecule has 1 heterocycles. The van der Waals surface area contributed by atoms with E-state index in [0.29, 0.717) is 37.0 Å². The molecule has 0 amide bonds. The number of unbranched alkanes of at least 4 members (excludes halogenated alkanes) is 2. The number of hydrogen-bond donors (Lipinski definition) is 5. The lowest BCUT2D eigenvalue weighted by molar-refractivity contribution is -0.144. The zero-order valence-electron chi connectivity index (χ0n) is 32.9. The topological polar surface area (TPSA) is 142 Å². The molecule has 1 saturated heterocycles. The van der Waals surface area contributed by atoms with Gasteiger partial charge in [0.05, 0.1) is 18.4 Å². The van der Waals surface area contributed by atoms with Crippen LogP contribution in [0.1, 0.15) is 142 Å². The molecule has 0 radical (unpaired) electrons. The Kier molecular flexibility index (Phi) is 16.5. The normalized spacial score (nSPS) is 40.2. The van der Waals surface area contributed by atoms with E-state index in [1.54, 1.807) is 7.11 Å². The lowest BCUT2D eigenvalue weighted by atomic mass is 9.62. The number of fused-ring (bicyclic) bond motifs is 2. The van der Waals surface area contributed by atoms with E-state index in [9.17, 15) is 24.9 Å². The molecule has 8 nitrogen and oxygen atoms in total. The number of carbonyl (C=O) groups is 2. The highest BCUT2D eigenvalue weighted by Gasteiger charge is 2.49. The Morgan fingerprint density at radius 3 is 2.38 bits per heavy atom. The highest BCUT2D eigenvalue weighted by atomic mass is 16.5. The van der Waals surface area contributed by atoms with Crippen LogP contribution in [-0.2, 0) is 14.3 Å². The molecule has 5 aliphatic rings. The van der Waals surface area contributed by atoms with Crippen molar-refractivity contribution in [1.82, 2.24) is 5.32 Å². The van der Waals surface area contributed by atoms with Crippen LogP contribution in [-0.4, -0.2) is 71.6 Å². The van der Waals surface area contributed by atoms with Gasteiger partial charge in [0.2, 0.25) is 0 Å². The molecule has 4 fully saturated rings. The van der Waals surface area contributed by atoms with Gasteiger partial charge in [0.1, 0.15) is 0 Å². The third-order valence-electron chi connectivity index (χ3n) is 14.6. The minimum atomic E-state index is -1.65. The van der Waals surface area contributed by atoms with Crippen molar-refractivity contribution in [2.24, 2.45) is 70.8 Å². The largest absolute Gasteiger partial charge is 0.396 e. The molecule has 3 saturated carbocycles. The molecule has 14 atom stereocenters. The molecule has 0 aromatic carbocycles. The number of piperidine rings is 1. The van der Waals surface area contributed by atoms with Crippen LogP contribution in [0.4, 0.5) is 0 Å². The van der Waals surface area contributed by atoms with Crippen molar-refractivity contribution in [2.75, 3.05) is 20.3 Å². The van der Waals surface area contributed by atoms with Gasteiger partial charge >= 0.3 is 0 Å². The van der Waals surface area contributed by atoms with E-state index < -0.39 is 18.1 Å². The SMILES string of the molecule is CCCCCC1C(C(CO)CCC)CC(CC2CCNC(N)C2)CC2C#CC(C3CCCCC3)C3CC(O)C(OC)CC3CCC(=O)C(O)C(=O)C21. The standard InChI is InChI=1S/C44H74N2O6/c1-4-6-8-14-35-36(33(27-47)11-5-2)23-29(21-28-19-20-46-41(45)24-28)22-32-15-17-34(30-12-9-7-10-13-30)37-26-39(49)40(52-3)25-31(37)16-18-38(48)43(50)44(51)42(32)35/h28-37,39-43,46-47,49-50H,4-14,16,18-27,45H2,1-3H3. The fourth-order valence-electron chi connectivity index (χ4n) is 11.9. The number of aliphatic hydroxyl groups excluding tert-OH is 3. The minimum absolute atomic E-state index is 0.00300. The van der Waals surface area contributed by atoms with Gasteiger partial charge in [-0.05, 0) is 131 Å². The molecule has 296 valence electrons. The average Bonchev–Trinajstić information content (AvgIpc) is 3.29. The Balaban J connectivity index is 1.63. The zero-order chi connectivity index (χ0) is 37.2. The van der Waals surface area contributed by atoms with Gasteiger partial charge in [0.15, 0.2) is 17.7 Å². The van der Waals surface area contributed by atoms with Crippen molar-refractivity contribution in [3.05, 3.63) is 0 Å². The predicted octanol–water partition coefficient (Wildman–Crippen LogP) is 6.42. The number of nitrogens with two attached hydrogens (primary N) is 1. The first-order valence-electron chi connectivity index (χ1n) is 21.7. The van der Waals surface area contributed by atoms with Crippen LogP contribution < -0.4 is 11.1 Å². The molecular formula is C44H74N2O6. The summed E-state index contributed by atoms with van der Waals surface area (Å²) in [7, 11) is 1.65. The van der Waals surface area contributed by atoms with Gasteiger partial charge in [0.25, 0.3) is 0 Å². The van der Waals surface area contributed by atoms with Gasteiger partial charge in [-0.3, -0.25) is 9.59 Å². The van der Waals surface area contributed by atoms with Gasteiger partial charge < -0.3 is 31.1 Å². The molecule has 5 rings (SSSR count). The molecule has 52 heavy (non-hydrogen) atoms. The molecule has 8 heteroatoms. The Hall–Kier alpha value is -1.34.